The Bertz CT molecular complexity index is 499. The van der Waals surface area contributed by atoms with Crippen LogP contribution < -0.4 is 0 Å². The Kier molecular flexibility index (Phi) is 4.89. The standard InChI is InChI=1S/C15H17Cl2NO/c1-11-3-2-8-18(10-11)15(19)7-5-12-4-6-13(16)9-14(12)17/h4-7,9,11H,2-3,8,10H2,1H3/b7-5+/t11-/m0/s1. The van der Waals surface area contributed by atoms with Crippen LogP contribution >= 0.6 is 23.2 Å². The molecule has 1 aromatic carbocycles. The van der Waals surface area contributed by atoms with E-state index in [0.29, 0.717) is 16.0 Å². The van der Waals surface area contributed by atoms with Gasteiger partial charge in [-0.3, -0.25) is 4.79 Å². The van der Waals surface area contributed by atoms with Crippen molar-refractivity contribution in [3.05, 3.63) is 39.9 Å². The number of piperidine rings is 1. The van der Waals surface area contributed by atoms with Crippen LogP contribution in [0.2, 0.25) is 10.0 Å². The fourth-order valence-electron chi connectivity index (χ4n) is 2.29. The Morgan fingerprint density at radius 3 is 2.89 bits per heavy atom. The third-order valence-corrected chi connectivity index (χ3v) is 3.90. The lowest BCUT2D eigenvalue weighted by Gasteiger charge is -2.30. The molecule has 1 saturated heterocycles. The molecule has 1 aliphatic heterocycles. The summed E-state index contributed by atoms with van der Waals surface area (Å²) in [5, 5.41) is 1.15. The van der Waals surface area contributed by atoms with E-state index in [0.717, 1.165) is 25.1 Å². The van der Waals surface area contributed by atoms with Crippen molar-refractivity contribution in [3.63, 3.8) is 0 Å². The van der Waals surface area contributed by atoms with Crippen LogP contribution in [0.5, 0.6) is 0 Å². The molecule has 2 nitrogen and oxygen atoms in total. The maximum Gasteiger partial charge on any atom is 0.246 e. The molecule has 1 heterocycles. The maximum absolute atomic E-state index is 12.1. The lowest BCUT2D eigenvalue weighted by molar-refractivity contribution is -0.127. The average Bonchev–Trinajstić information content (AvgIpc) is 2.37. The van der Waals surface area contributed by atoms with Crippen LogP contribution in [0.1, 0.15) is 25.3 Å². The van der Waals surface area contributed by atoms with Crippen molar-refractivity contribution in [2.24, 2.45) is 5.92 Å². The zero-order valence-corrected chi connectivity index (χ0v) is 12.4. The topological polar surface area (TPSA) is 20.3 Å². The van der Waals surface area contributed by atoms with Crippen molar-refractivity contribution in [1.82, 2.24) is 4.90 Å². The number of hydrogen-bond donors (Lipinski definition) is 0. The molecule has 0 aliphatic carbocycles. The molecule has 0 aromatic heterocycles. The van der Waals surface area contributed by atoms with Gasteiger partial charge in [-0.2, -0.15) is 0 Å². The van der Waals surface area contributed by atoms with Crippen LogP contribution in [-0.4, -0.2) is 23.9 Å². The first kappa shape index (κ1) is 14.4. The quantitative estimate of drug-likeness (QED) is 0.747. The summed E-state index contributed by atoms with van der Waals surface area (Å²) in [6.07, 6.45) is 5.63. The highest BCUT2D eigenvalue weighted by molar-refractivity contribution is 6.35. The van der Waals surface area contributed by atoms with E-state index >= 15 is 0 Å². The van der Waals surface area contributed by atoms with E-state index in [1.807, 2.05) is 11.0 Å². The molecule has 0 bridgehead atoms. The monoisotopic (exact) mass is 297 g/mol. The zero-order valence-electron chi connectivity index (χ0n) is 10.9. The van der Waals surface area contributed by atoms with Crippen LogP contribution in [0.3, 0.4) is 0 Å². The van der Waals surface area contributed by atoms with E-state index in [1.54, 1.807) is 24.3 Å². The van der Waals surface area contributed by atoms with Gasteiger partial charge in [0, 0.05) is 29.2 Å². The fourth-order valence-corrected chi connectivity index (χ4v) is 2.76. The lowest BCUT2D eigenvalue weighted by atomic mass is 10.0. The van der Waals surface area contributed by atoms with Crippen LogP contribution in [0, 0.1) is 5.92 Å². The Hall–Kier alpha value is -0.990. The van der Waals surface area contributed by atoms with Crippen LogP contribution in [0.25, 0.3) is 6.08 Å². The highest BCUT2D eigenvalue weighted by Gasteiger charge is 2.18. The second-order valence-corrected chi connectivity index (χ2v) is 5.87. The molecule has 2 rings (SSSR count). The largest absolute Gasteiger partial charge is 0.339 e. The minimum atomic E-state index is 0.0533. The van der Waals surface area contributed by atoms with Crippen molar-refractivity contribution < 1.29 is 4.79 Å². The van der Waals surface area contributed by atoms with E-state index in [-0.39, 0.29) is 5.91 Å². The second-order valence-electron chi connectivity index (χ2n) is 5.03. The van der Waals surface area contributed by atoms with Gasteiger partial charge >= 0.3 is 0 Å². The molecule has 0 N–H and O–H groups in total. The molecule has 0 unspecified atom stereocenters. The van der Waals surface area contributed by atoms with Gasteiger partial charge in [-0.05, 0) is 42.5 Å². The summed E-state index contributed by atoms with van der Waals surface area (Å²) in [5.74, 6) is 0.641. The Morgan fingerprint density at radius 2 is 2.21 bits per heavy atom. The smallest absolute Gasteiger partial charge is 0.246 e. The zero-order chi connectivity index (χ0) is 13.8. The molecular formula is C15H17Cl2NO. The van der Waals surface area contributed by atoms with Gasteiger partial charge in [0.1, 0.15) is 0 Å². The van der Waals surface area contributed by atoms with Gasteiger partial charge in [-0.1, -0.05) is 36.2 Å². The van der Waals surface area contributed by atoms with E-state index < -0.39 is 0 Å². The molecule has 1 aromatic rings. The predicted molar refractivity (Wildman–Crippen MR) is 80.5 cm³/mol. The Balaban J connectivity index is 2.03. The Labute approximate surface area is 124 Å². The third kappa shape index (κ3) is 3.99. The number of carbonyl (C=O) groups is 1. The number of rotatable bonds is 2. The number of benzene rings is 1. The fraction of sp³-hybridized carbons (Fsp3) is 0.400. The van der Waals surface area contributed by atoms with Gasteiger partial charge in [0.15, 0.2) is 0 Å². The molecule has 102 valence electrons. The summed E-state index contributed by atoms with van der Waals surface area (Å²) < 4.78 is 0. The van der Waals surface area contributed by atoms with E-state index in [2.05, 4.69) is 6.92 Å². The summed E-state index contributed by atoms with van der Waals surface area (Å²) in [5.41, 5.74) is 0.810. The summed E-state index contributed by atoms with van der Waals surface area (Å²) in [6.45, 7) is 3.87. The van der Waals surface area contributed by atoms with Crippen molar-refractivity contribution in [2.45, 2.75) is 19.8 Å². The molecule has 19 heavy (non-hydrogen) atoms. The first-order chi connectivity index (χ1) is 9.06. The number of likely N-dealkylation sites (tertiary alicyclic amines) is 1. The molecule has 1 fully saturated rings. The van der Waals surface area contributed by atoms with Gasteiger partial charge in [0.05, 0.1) is 0 Å². The summed E-state index contributed by atoms with van der Waals surface area (Å²) in [7, 11) is 0. The highest BCUT2D eigenvalue weighted by Crippen LogP contribution is 2.22. The first-order valence-corrected chi connectivity index (χ1v) is 7.24. The molecule has 1 atom stereocenters. The molecule has 0 saturated carbocycles. The molecule has 0 radical (unpaired) electrons. The van der Waals surface area contributed by atoms with Crippen LogP contribution in [0.15, 0.2) is 24.3 Å². The SMILES string of the molecule is C[C@H]1CCCN(C(=O)/C=C/c2ccc(Cl)cc2Cl)C1. The van der Waals surface area contributed by atoms with Crippen molar-refractivity contribution >= 4 is 35.2 Å². The van der Waals surface area contributed by atoms with Gasteiger partial charge in [0.25, 0.3) is 0 Å². The van der Waals surface area contributed by atoms with Crippen LogP contribution in [0.4, 0.5) is 0 Å². The Morgan fingerprint density at radius 1 is 1.42 bits per heavy atom. The summed E-state index contributed by atoms with van der Waals surface area (Å²) in [4.78, 5) is 14.0. The van der Waals surface area contributed by atoms with E-state index in [9.17, 15) is 4.79 Å². The minimum Gasteiger partial charge on any atom is -0.339 e. The number of nitrogens with zero attached hydrogens (tertiary/aromatic N) is 1. The third-order valence-electron chi connectivity index (χ3n) is 3.34. The van der Waals surface area contributed by atoms with Crippen molar-refractivity contribution in [3.8, 4) is 0 Å². The number of hydrogen-bond acceptors (Lipinski definition) is 1. The highest BCUT2D eigenvalue weighted by atomic mass is 35.5. The molecule has 1 amide bonds. The normalized spacial score (nSPS) is 19.9. The number of carbonyl (C=O) groups excluding carboxylic acids is 1. The van der Waals surface area contributed by atoms with Gasteiger partial charge in [-0.25, -0.2) is 0 Å². The average molecular weight is 298 g/mol. The first-order valence-electron chi connectivity index (χ1n) is 6.48. The maximum atomic E-state index is 12.1. The van der Waals surface area contributed by atoms with Crippen molar-refractivity contribution in [2.75, 3.05) is 13.1 Å². The second kappa shape index (κ2) is 6.44. The van der Waals surface area contributed by atoms with E-state index in [4.69, 9.17) is 23.2 Å². The summed E-state index contributed by atoms with van der Waals surface area (Å²) in [6, 6.07) is 5.25. The molecule has 4 heteroatoms. The molecule has 0 spiro atoms. The molecular weight excluding hydrogens is 281 g/mol. The summed E-state index contributed by atoms with van der Waals surface area (Å²) >= 11 is 11.9. The van der Waals surface area contributed by atoms with Crippen molar-refractivity contribution in [1.29, 1.82) is 0 Å². The van der Waals surface area contributed by atoms with Gasteiger partial charge in [-0.15, -0.1) is 0 Å². The number of halogens is 2. The minimum absolute atomic E-state index is 0.0533. The number of amides is 1. The van der Waals surface area contributed by atoms with Crippen LogP contribution in [-0.2, 0) is 4.79 Å². The molecule has 1 aliphatic rings. The van der Waals surface area contributed by atoms with Gasteiger partial charge < -0.3 is 4.90 Å². The van der Waals surface area contributed by atoms with E-state index in [1.165, 1.54) is 6.42 Å². The van der Waals surface area contributed by atoms with Gasteiger partial charge in [0.2, 0.25) is 5.91 Å². The predicted octanol–water partition coefficient (Wildman–Crippen LogP) is 4.27. The lowest BCUT2D eigenvalue weighted by Crippen LogP contribution is -2.38.